The van der Waals surface area contributed by atoms with E-state index in [4.69, 9.17) is 4.74 Å². The predicted octanol–water partition coefficient (Wildman–Crippen LogP) is 3.65. The average molecular weight is 368 g/mol. The van der Waals surface area contributed by atoms with E-state index in [-0.39, 0.29) is 19.1 Å². The zero-order chi connectivity index (χ0) is 15.7. The standard InChI is InChI=1S/C16H12BrF2NO2/c17-12-1-2-15-11(5-12)8-20(16(21)9-22-15)7-10-3-13(18)6-14(19)4-10/h1-6H,7-9H2. The van der Waals surface area contributed by atoms with E-state index in [2.05, 4.69) is 15.9 Å². The average Bonchev–Trinajstić information content (AvgIpc) is 2.58. The molecule has 1 heterocycles. The molecule has 6 heteroatoms. The predicted molar refractivity (Wildman–Crippen MR) is 80.2 cm³/mol. The van der Waals surface area contributed by atoms with Gasteiger partial charge in [-0.1, -0.05) is 15.9 Å². The number of ether oxygens (including phenoxy) is 1. The Morgan fingerprint density at radius 1 is 1.14 bits per heavy atom. The van der Waals surface area contributed by atoms with Crippen LogP contribution in [0.4, 0.5) is 8.78 Å². The highest BCUT2D eigenvalue weighted by Crippen LogP contribution is 2.27. The maximum Gasteiger partial charge on any atom is 0.261 e. The summed E-state index contributed by atoms with van der Waals surface area (Å²) in [5.41, 5.74) is 1.25. The molecule has 22 heavy (non-hydrogen) atoms. The van der Waals surface area contributed by atoms with Crippen molar-refractivity contribution < 1.29 is 18.3 Å². The summed E-state index contributed by atoms with van der Waals surface area (Å²) in [5, 5.41) is 0. The number of hydrogen-bond donors (Lipinski definition) is 0. The number of benzene rings is 2. The number of rotatable bonds is 2. The SMILES string of the molecule is O=C1COc2ccc(Br)cc2CN1Cc1cc(F)cc(F)c1. The van der Waals surface area contributed by atoms with Gasteiger partial charge in [-0.25, -0.2) is 8.78 Å². The smallest absolute Gasteiger partial charge is 0.261 e. The van der Waals surface area contributed by atoms with Crippen molar-refractivity contribution in [2.75, 3.05) is 6.61 Å². The Bertz CT molecular complexity index is 716. The first kappa shape index (κ1) is 15.0. The van der Waals surface area contributed by atoms with E-state index in [1.807, 2.05) is 12.1 Å². The van der Waals surface area contributed by atoms with Gasteiger partial charge in [0.1, 0.15) is 17.4 Å². The fourth-order valence-electron chi connectivity index (χ4n) is 2.40. The molecule has 0 radical (unpaired) electrons. The fraction of sp³-hybridized carbons (Fsp3) is 0.188. The van der Waals surface area contributed by atoms with Crippen molar-refractivity contribution in [3.63, 3.8) is 0 Å². The molecule has 0 unspecified atom stereocenters. The minimum atomic E-state index is -0.656. The Labute approximate surface area is 134 Å². The van der Waals surface area contributed by atoms with Crippen LogP contribution >= 0.6 is 15.9 Å². The van der Waals surface area contributed by atoms with E-state index in [9.17, 15) is 13.6 Å². The molecule has 0 aromatic heterocycles. The van der Waals surface area contributed by atoms with Crippen LogP contribution in [-0.4, -0.2) is 17.4 Å². The summed E-state index contributed by atoms with van der Waals surface area (Å²) in [4.78, 5) is 13.7. The van der Waals surface area contributed by atoms with E-state index < -0.39 is 11.6 Å². The van der Waals surface area contributed by atoms with Crippen LogP contribution in [0.3, 0.4) is 0 Å². The molecule has 0 N–H and O–H groups in total. The first-order valence-corrected chi connectivity index (χ1v) is 7.44. The third kappa shape index (κ3) is 3.27. The van der Waals surface area contributed by atoms with Crippen LogP contribution in [0.5, 0.6) is 5.75 Å². The molecule has 1 amide bonds. The van der Waals surface area contributed by atoms with Crippen LogP contribution in [0, 0.1) is 11.6 Å². The molecule has 114 valence electrons. The number of fused-ring (bicyclic) bond motifs is 1. The lowest BCUT2D eigenvalue weighted by Crippen LogP contribution is -2.31. The summed E-state index contributed by atoms with van der Waals surface area (Å²) >= 11 is 3.38. The molecule has 0 saturated heterocycles. The van der Waals surface area contributed by atoms with Crippen LogP contribution in [-0.2, 0) is 17.9 Å². The highest BCUT2D eigenvalue weighted by Gasteiger charge is 2.22. The molecule has 3 nitrogen and oxygen atoms in total. The van der Waals surface area contributed by atoms with Gasteiger partial charge >= 0.3 is 0 Å². The van der Waals surface area contributed by atoms with Gasteiger partial charge in [-0.3, -0.25) is 4.79 Å². The van der Waals surface area contributed by atoms with Gasteiger partial charge in [0.05, 0.1) is 0 Å². The van der Waals surface area contributed by atoms with Gasteiger partial charge in [0.2, 0.25) is 0 Å². The summed E-state index contributed by atoms with van der Waals surface area (Å²) in [6.07, 6.45) is 0. The second kappa shape index (κ2) is 6.04. The van der Waals surface area contributed by atoms with E-state index in [1.54, 1.807) is 6.07 Å². The number of nitrogens with zero attached hydrogens (tertiary/aromatic N) is 1. The third-order valence-electron chi connectivity index (χ3n) is 3.38. The molecule has 2 aromatic rings. The molecule has 0 fully saturated rings. The molecule has 0 spiro atoms. The van der Waals surface area contributed by atoms with Crippen molar-refractivity contribution in [1.82, 2.24) is 4.90 Å². The second-order valence-corrected chi connectivity index (χ2v) is 5.98. The number of carbonyl (C=O) groups excluding carboxylic acids is 1. The molecule has 3 rings (SSSR count). The summed E-state index contributed by atoms with van der Waals surface area (Å²) < 4.78 is 32.9. The van der Waals surface area contributed by atoms with Gasteiger partial charge in [-0.05, 0) is 35.9 Å². The molecular weight excluding hydrogens is 356 g/mol. The van der Waals surface area contributed by atoms with E-state index >= 15 is 0 Å². The van der Waals surface area contributed by atoms with Crippen molar-refractivity contribution in [1.29, 1.82) is 0 Å². The molecular formula is C16H12BrF2NO2. The Morgan fingerprint density at radius 3 is 2.59 bits per heavy atom. The minimum absolute atomic E-state index is 0.0908. The molecule has 2 aromatic carbocycles. The number of amides is 1. The Kier molecular flexibility index (Phi) is 4.11. The fourth-order valence-corrected chi connectivity index (χ4v) is 2.81. The first-order valence-electron chi connectivity index (χ1n) is 6.65. The molecule has 1 aliphatic rings. The molecule has 0 atom stereocenters. The summed E-state index contributed by atoms with van der Waals surface area (Å²) in [6.45, 7) is 0.362. The zero-order valence-electron chi connectivity index (χ0n) is 11.5. The van der Waals surface area contributed by atoms with Gasteiger partial charge < -0.3 is 9.64 Å². The molecule has 1 aliphatic heterocycles. The van der Waals surface area contributed by atoms with Crippen molar-refractivity contribution in [2.45, 2.75) is 13.1 Å². The zero-order valence-corrected chi connectivity index (χ0v) is 13.1. The Balaban J connectivity index is 1.87. The normalized spacial score (nSPS) is 14.3. The lowest BCUT2D eigenvalue weighted by molar-refractivity contribution is -0.133. The van der Waals surface area contributed by atoms with Crippen LogP contribution in [0.25, 0.3) is 0 Å². The van der Waals surface area contributed by atoms with Crippen molar-refractivity contribution >= 4 is 21.8 Å². The highest BCUT2D eigenvalue weighted by molar-refractivity contribution is 9.10. The third-order valence-corrected chi connectivity index (χ3v) is 3.88. The van der Waals surface area contributed by atoms with Crippen molar-refractivity contribution in [2.24, 2.45) is 0 Å². The lowest BCUT2D eigenvalue weighted by atomic mass is 10.1. The van der Waals surface area contributed by atoms with E-state index in [1.165, 1.54) is 17.0 Å². The molecule has 0 saturated carbocycles. The Hall–Kier alpha value is -1.95. The van der Waals surface area contributed by atoms with Crippen LogP contribution < -0.4 is 4.74 Å². The first-order chi connectivity index (χ1) is 10.5. The molecule has 0 aliphatic carbocycles. The quantitative estimate of drug-likeness (QED) is 0.810. The number of hydrogen-bond acceptors (Lipinski definition) is 2. The van der Waals surface area contributed by atoms with Gasteiger partial charge in [0.25, 0.3) is 5.91 Å². The van der Waals surface area contributed by atoms with Crippen LogP contribution in [0.1, 0.15) is 11.1 Å². The maximum absolute atomic E-state index is 13.3. The molecule has 0 bridgehead atoms. The Morgan fingerprint density at radius 2 is 1.86 bits per heavy atom. The summed E-state index contributed by atoms with van der Waals surface area (Å²) in [6, 6.07) is 8.75. The van der Waals surface area contributed by atoms with E-state index in [0.29, 0.717) is 17.9 Å². The number of carbonyl (C=O) groups is 1. The topological polar surface area (TPSA) is 29.5 Å². The van der Waals surface area contributed by atoms with Crippen LogP contribution in [0.15, 0.2) is 40.9 Å². The van der Waals surface area contributed by atoms with Crippen molar-refractivity contribution in [3.05, 3.63) is 63.6 Å². The second-order valence-electron chi connectivity index (χ2n) is 5.07. The van der Waals surface area contributed by atoms with E-state index in [0.717, 1.165) is 16.1 Å². The maximum atomic E-state index is 13.3. The largest absolute Gasteiger partial charge is 0.483 e. The number of halogens is 3. The monoisotopic (exact) mass is 367 g/mol. The van der Waals surface area contributed by atoms with Gasteiger partial charge in [-0.2, -0.15) is 0 Å². The minimum Gasteiger partial charge on any atom is -0.483 e. The van der Waals surface area contributed by atoms with Gasteiger partial charge in [0.15, 0.2) is 6.61 Å². The van der Waals surface area contributed by atoms with Crippen molar-refractivity contribution in [3.8, 4) is 5.75 Å². The highest BCUT2D eigenvalue weighted by atomic mass is 79.9. The summed E-state index contributed by atoms with van der Waals surface area (Å²) in [7, 11) is 0. The van der Waals surface area contributed by atoms with Crippen LogP contribution in [0.2, 0.25) is 0 Å². The lowest BCUT2D eigenvalue weighted by Gasteiger charge is -2.20. The van der Waals surface area contributed by atoms with Gasteiger partial charge in [-0.15, -0.1) is 0 Å². The summed E-state index contributed by atoms with van der Waals surface area (Å²) in [5.74, 6) is -0.894. The van der Waals surface area contributed by atoms with Gasteiger partial charge in [0, 0.05) is 29.2 Å².